The van der Waals surface area contributed by atoms with Gasteiger partial charge in [-0.05, 0) is 46.5 Å². The van der Waals surface area contributed by atoms with E-state index in [0.29, 0.717) is 6.04 Å². The van der Waals surface area contributed by atoms with E-state index in [1.165, 1.54) is 32.0 Å². The van der Waals surface area contributed by atoms with Gasteiger partial charge in [0.15, 0.2) is 0 Å². The Kier molecular flexibility index (Phi) is 5.35. The van der Waals surface area contributed by atoms with Crippen molar-refractivity contribution < 1.29 is 0 Å². The standard InChI is InChI=1S/C13H24N4/c1-11(15-10-14-2)17(5)13-8-6-12(7-9-13)16(3)4/h10,12-13H,1-2,6-9H2,3-5H3. The van der Waals surface area contributed by atoms with Crippen LogP contribution in [0, 0.1) is 0 Å². The Balaban J connectivity index is 2.45. The lowest BCUT2D eigenvalue weighted by Crippen LogP contribution is -2.39. The van der Waals surface area contributed by atoms with Crippen molar-refractivity contribution in [3.05, 3.63) is 12.4 Å². The van der Waals surface area contributed by atoms with Crippen molar-refractivity contribution in [1.82, 2.24) is 9.80 Å². The van der Waals surface area contributed by atoms with Crippen molar-refractivity contribution in [2.45, 2.75) is 37.8 Å². The van der Waals surface area contributed by atoms with Gasteiger partial charge in [-0.2, -0.15) is 0 Å². The van der Waals surface area contributed by atoms with Gasteiger partial charge in [-0.3, -0.25) is 4.99 Å². The van der Waals surface area contributed by atoms with Crippen LogP contribution in [0.15, 0.2) is 22.4 Å². The van der Waals surface area contributed by atoms with E-state index >= 15 is 0 Å². The summed E-state index contributed by atoms with van der Waals surface area (Å²) in [4.78, 5) is 12.2. The van der Waals surface area contributed by atoms with Gasteiger partial charge in [-0.1, -0.05) is 6.58 Å². The minimum absolute atomic E-state index is 0.556. The fourth-order valence-electron chi connectivity index (χ4n) is 2.37. The predicted molar refractivity (Wildman–Crippen MR) is 74.7 cm³/mol. The summed E-state index contributed by atoms with van der Waals surface area (Å²) in [6.45, 7) is 7.32. The minimum Gasteiger partial charge on any atom is -0.357 e. The Morgan fingerprint density at radius 1 is 1.12 bits per heavy atom. The summed E-state index contributed by atoms with van der Waals surface area (Å²) in [5.74, 6) is 0.769. The van der Waals surface area contributed by atoms with Gasteiger partial charge in [0.25, 0.3) is 0 Å². The lowest BCUT2D eigenvalue weighted by molar-refractivity contribution is 0.159. The van der Waals surface area contributed by atoms with Crippen molar-refractivity contribution >= 4 is 13.1 Å². The minimum atomic E-state index is 0.556. The fourth-order valence-corrected chi connectivity index (χ4v) is 2.37. The zero-order valence-electron chi connectivity index (χ0n) is 11.3. The van der Waals surface area contributed by atoms with Crippen molar-refractivity contribution in [3.63, 3.8) is 0 Å². The molecule has 0 aliphatic heterocycles. The van der Waals surface area contributed by atoms with Gasteiger partial charge >= 0.3 is 0 Å². The molecule has 96 valence electrons. The molecule has 0 aromatic carbocycles. The molecular weight excluding hydrogens is 212 g/mol. The monoisotopic (exact) mass is 236 g/mol. The molecular formula is C13H24N4. The number of hydrogen-bond donors (Lipinski definition) is 0. The third-order valence-corrected chi connectivity index (χ3v) is 3.64. The quantitative estimate of drug-likeness (QED) is 0.540. The summed E-state index contributed by atoms with van der Waals surface area (Å²) in [7, 11) is 6.38. The summed E-state index contributed by atoms with van der Waals surface area (Å²) in [5, 5.41) is 0. The van der Waals surface area contributed by atoms with Crippen molar-refractivity contribution in [2.24, 2.45) is 9.98 Å². The smallest absolute Gasteiger partial charge is 0.123 e. The molecule has 0 saturated heterocycles. The summed E-state index contributed by atoms with van der Waals surface area (Å²) in [5.41, 5.74) is 0. The van der Waals surface area contributed by atoms with E-state index in [1.54, 1.807) is 0 Å². The second-order valence-electron chi connectivity index (χ2n) is 4.88. The molecule has 1 saturated carbocycles. The molecule has 1 fully saturated rings. The maximum atomic E-state index is 4.14. The molecule has 0 radical (unpaired) electrons. The number of nitrogens with zero attached hydrogens (tertiary/aromatic N) is 4. The summed E-state index contributed by atoms with van der Waals surface area (Å²) in [6.07, 6.45) is 6.35. The van der Waals surface area contributed by atoms with Crippen molar-refractivity contribution in [1.29, 1.82) is 0 Å². The van der Waals surface area contributed by atoms with Crippen LogP contribution in [0.5, 0.6) is 0 Å². The second-order valence-corrected chi connectivity index (χ2v) is 4.88. The number of aliphatic imine (C=N–C) groups is 2. The molecule has 0 spiro atoms. The molecule has 1 rings (SSSR count). The molecule has 1 aliphatic rings. The van der Waals surface area contributed by atoms with Crippen LogP contribution in [0.3, 0.4) is 0 Å². The van der Waals surface area contributed by atoms with Gasteiger partial charge in [-0.15, -0.1) is 0 Å². The van der Waals surface area contributed by atoms with E-state index in [9.17, 15) is 0 Å². The highest BCUT2D eigenvalue weighted by atomic mass is 15.2. The molecule has 4 heteroatoms. The molecule has 0 atom stereocenters. The average Bonchev–Trinajstić information content (AvgIpc) is 2.35. The Labute approximate surface area is 105 Å². The van der Waals surface area contributed by atoms with Crippen LogP contribution in [0.25, 0.3) is 0 Å². The molecule has 0 aromatic heterocycles. The summed E-state index contributed by atoms with van der Waals surface area (Å²) >= 11 is 0. The van der Waals surface area contributed by atoms with Gasteiger partial charge in [-0.25, -0.2) is 4.99 Å². The van der Waals surface area contributed by atoms with E-state index in [4.69, 9.17) is 0 Å². The molecule has 4 nitrogen and oxygen atoms in total. The van der Waals surface area contributed by atoms with Gasteiger partial charge in [0.2, 0.25) is 0 Å². The molecule has 17 heavy (non-hydrogen) atoms. The Morgan fingerprint density at radius 2 is 1.65 bits per heavy atom. The fraction of sp³-hybridized carbons (Fsp3) is 0.692. The first-order valence-electron chi connectivity index (χ1n) is 6.12. The second kappa shape index (κ2) is 6.55. The molecule has 0 unspecified atom stereocenters. The predicted octanol–water partition coefficient (Wildman–Crippen LogP) is 1.99. The van der Waals surface area contributed by atoms with Crippen molar-refractivity contribution in [3.8, 4) is 0 Å². The molecule has 0 N–H and O–H groups in total. The zero-order chi connectivity index (χ0) is 12.8. The SMILES string of the molecule is C=NC=NC(=C)N(C)C1CCC(N(C)C)CC1. The van der Waals surface area contributed by atoms with E-state index < -0.39 is 0 Å². The lowest BCUT2D eigenvalue weighted by Gasteiger charge is -2.37. The lowest BCUT2D eigenvalue weighted by atomic mass is 9.90. The van der Waals surface area contributed by atoms with Crippen LogP contribution >= 0.6 is 0 Å². The van der Waals surface area contributed by atoms with Crippen LogP contribution < -0.4 is 0 Å². The molecule has 0 amide bonds. The topological polar surface area (TPSA) is 31.2 Å². The van der Waals surface area contributed by atoms with Gasteiger partial charge in [0.05, 0.1) is 0 Å². The molecule has 0 aromatic rings. The van der Waals surface area contributed by atoms with Crippen LogP contribution in [0.1, 0.15) is 25.7 Å². The summed E-state index contributed by atoms with van der Waals surface area (Å²) < 4.78 is 0. The van der Waals surface area contributed by atoms with Crippen LogP contribution in [0.2, 0.25) is 0 Å². The normalized spacial score (nSPS) is 25.2. The first kappa shape index (κ1) is 13.9. The van der Waals surface area contributed by atoms with E-state index in [-0.39, 0.29) is 0 Å². The highest BCUT2D eigenvalue weighted by molar-refractivity contribution is 5.63. The maximum absolute atomic E-state index is 4.14. The van der Waals surface area contributed by atoms with E-state index in [1.807, 2.05) is 0 Å². The van der Waals surface area contributed by atoms with Crippen LogP contribution in [-0.2, 0) is 0 Å². The maximum Gasteiger partial charge on any atom is 0.123 e. The highest BCUT2D eigenvalue weighted by Crippen LogP contribution is 2.26. The van der Waals surface area contributed by atoms with Crippen LogP contribution in [-0.4, -0.2) is 56.1 Å². The third kappa shape index (κ3) is 3.97. The number of hydrogen-bond acceptors (Lipinski definition) is 3. The first-order valence-corrected chi connectivity index (χ1v) is 6.12. The zero-order valence-corrected chi connectivity index (χ0v) is 11.3. The Bertz CT molecular complexity index is 288. The van der Waals surface area contributed by atoms with Gasteiger partial charge in [0, 0.05) is 19.1 Å². The molecule has 1 aliphatic carbocycles. The average molecular weight is 236 g/mol. The Morgan fingerprint density at radius 3 is 2.12 bits per heavy atom. The highest BCUT2D eigenvalue weighted by Gasteiger charge is 2.25. The largest absolute Gasteiger partial charge is 0.357 e. The summed E-state index contributed by atoms with van der Waals surface area (Å²) in [6, 6.07) is 1.28. The van der Waals surface area contributed by atoms with E-state index in [0.717, 1.165) is 11.9 Å². The molecule has 0 bridgehead atoms. The first-order chi connectivity index (χ1) is 8.06. The van der Waals surface area contributed by atoms with Gasteiger partial charge < -0.3 is 9.80 Å². The van der Waals surface area contributed by atoms with Gasteiger partial charge in [0.1, 0.15) is 12.2 Å². The van der Waals surface area contributed by atoms with Crippen LogP contribution in [0.4, 0.5) is 0 Å². The number of rotatable bonds is 5. The Hall–Kier alpha value is -1.16. The molecule has 0 heterocycles. The van der Waals surface area contributed by atoms with Crippen molar-refractivity contribution in [2.75, 3.05) is 21.1 Å². The third-order valence-electron chi connectivity index (χ3n) is 3.64. The van der Waals surface area contributed by atoms with E-state index in [2.05, 4.69) is 54.2 Å².